The Labute approximate surface area is 162 Å². The van der Waals surface area contributed by atoms with Crippen molar-refractivity contribution in [3.8, 4) is 5.75 Å². The molecule has 0 spiro atoms. The molecule has 3 aromatic rings. The van der Waals surface area contributed by atoms with Gasteiger partial charge in [0.1, 0.15) is 17.1 Å². The third-order valence-electron chi connectivity index (χ3n) is 4.14. The number of benzene rings is 2. The quantitative estimate of drug-likeness (QED) is 0.453. The molecule has 0 aliphatic rings. The smallest absolute Gasteiger partial charge is 0.322 e. The van der Waals surface area contributed by atoms with Gasteiger partial charge in [-0.05, 0) is 32.2 Å². The number of thioether (sulfide) groups is 1. The van der Waals surface area contributed by atoms with E-state index in [2.05, 4.69) is 22.3 Å². The molecule has 2 aromatic carbocycles. The molecule has 0 aliphatic heterocycles. The van der Waals surface area contributed by atoms with Crippen molar-refractivity contribution in [2.75, 3.05) is 6.61 Å². The van der Waals surface area contributed by atoms with Crippen LogP contribution in [0.5, 0.6) is 5.75 Å². The number of aromatic nitrogens is 3. The molecule has 1 heterocycles. The van der Waals surface area contributed by atoms with Gasteiger partial charge in [-0.15, -0.1) is 10.2 Å². The van der Waals surface area contributed by atoms with Gasteiger partial charge < -0.3 is 14.0 Å². The summed E-state index contributed by atoms with van der Waals surface area (Å²) >= 11 is 1.32. The number of esters is 1. The molecule has 0 bridgehead atoms. The van der Waals surface area contributed by atoms with Gasteiger partial charge in [0.2, 0.25) is 0 Å². The zero-order chi connectivity index (χ0) is 19.4. The molecule has 142 valence electrons. The lowest BCUT2D eigenvalue weighted by atomic mass is 10.1. The van der Waals surface area contributed by atoms with Crippen LogP contribution in [0.2, 0.25) is 0 Å². The Hall–Kier alpha value is -2.54. The van der Waals surface area contributed by atoms with Crippen molar-refractivity contribution in [3.05, 3.63) is 48.3 Å². The minimum atomic E-state index is -0.745. The third kappa shape index (κ3) is 4.24. The average molecular weight is 385 g/mol. The van der Waals surface area contributed by atoms with E-state index in [9.17, 15) is 4.79 Å². The molecule has 0 aliphatic carbocycles. The van der Waals surface area contributed by atoms with Gasteiger partial charge >= 0.3 is 5.97 Å². The van der Waals surface area contributed by atoms with Crippen LogP contribution in [0.4, 0.5) is 0 Å². The van der Waals surface area contributed by atoms with Gasteiger partial charge in [0.25, 0.3) is 0 Å². The normalized spacial score (nSPS) is 11.6. The van der Waals surface area contributed by atoms with Gasteiger partial charge in [-0.2, -0.15) is 0 Å². The molecule has 0 fully saturated rings. The highest BCUT2D eigenvalue weighted by Gasteiger charge is 2.32. The molecule has 0 radical (unpaired) electrons. The zero-order valence-corrected chi connectivity index (χ0v) is 16.7. The van der Waals surface area contributed by atoms with Gasteiger partial charge in [-0.1, -0.05) is 48.2 Å². The Kier molecular flexibility index (Phi) is 5.70. The Morgan fingerprint density at radius 2 is 1.89 bits per heavy atom. The first-order chi connectivity index (χ1) is 12.9. The fraction of sp³-hybridized carbons (Fsp3) is 0.350. The third-order valence-corrected chi connectivity index (χ3v) is 5.36. The Bertz CT molecular complexity index is 947. The summed E-state index contributed by atoms with van der Waals surface area (Å²) in [6.07, 6.45) is 0. The first-order valence-corrected chi connectivity index (χ1v) is 9.59. The van der Waals surface area contributed by atoms with E-state index in [0.717, 1.165) is 16.5 Å². The molecule has 0 amide bonds. The predicted octanol–water partition coefficient (Wildman–Crippen LogP) is 3.98. The number of hydrogen-bond donors (Lipinski definition) is 0. The van der Waals surface area contributed by atoms with Crippen LogP contribution >= 0.6 is 11.8 Å². The van der Waals surface area contributed by atoms with E-state index in [1.165, 1.54) is 11.8 Å². The lowest BCUT2D eigenvalue weighted by molar-refractivity contribution is -0.145. The predicted molar refractivity (Wildman–Crippen MR) is 106 cm³/mol. The second-order valence-corrected chi connectivity index (χ2v) is 8.15. The summed E-state index contributed by atoms with van der Waals surface area (Å²) in [7, 11) is 1.87. The lowest BCUT2D eigenvalue weighted by Gasteiger charge is -2.20. The van der Waals surface area contributed by atoms with Crippen molar-refractivity contribution in [2.24, 2.45) is 7.05 Å². The molecule has 0 saturated carbocycles. The molecule has 3 rings (SSSR count). The minimum absolute atomic E-state index is 0.272. The van der Waals surface area contributed by atoms with E-state index in [0.29, 0.717) is 17.6 Å². The SMILES string of the molecule is CCOC(=O)C(C)(C)Sc1nnc(COc2cccc3ccccc23)n1C. The highest BCUT2D eigenvalue weighted by molar-refractivity contribution is 8.01. The van der Waals surface area contributed by atoms with E-state index in [-0.39, 0.29) is 12.6 Å². The summed E-state index contributed by atoms with van der Waals surface area (Å²) in [5, 5.41) is 11.2. The Morgan fingerprint density at radius 1 is 1.15 bits per heavy atom. The molecule has 1 aromatic heterocycles. The summed E-state index contributed by atoms with van der Waals surface area (Å²) in [6.45, 7) is 6.07. The number of carbonyl (C=O) groups is 1. The number of carbonyl (C=O) groups excluding carboxylic acids is 1. The van der Waals surface area contributed by atoms with Crippen LogP contribution in [0.3, 0.4) is 0 Å². The summed E-state index contributed by atoms with van der Waals surface area (Å²) < 4.78 is 12.2. The summed E-state index contributed by atoms with van der Waals surface area (Å²) in [6, 6.07) is 14.0. The highest BCUT2D eigenvalue weighted by atomic mass is 32.2. The van der Waals surface area contributed by atoms with E-state index in [1.54, 1.807) is 6.92 Å². The summed E-state index contributed by atoms with van der Waals surface area (Å²) in [5.74, 6) is 1.22. The van der Waals surface area contributed by atoms with Crippen LogP contribution in [-0.4, -0.2) is 32.1 Å². The van der Waals surface area contributed by atoms with E-state index in [4.69, 9.17) is 9.47 Å². The molecule has 7 heteroatoms. The van der Waals surface area contributed by atoms with Crippen LogP contribution in [-0.2, 0) is 23.2 Å². The van der Waals surface area contributed by atoms with Crippen LogP contribution < -0.4 is 4.74 Å². The molecule has 0 N–H and O–H groups in total. The number of hydrogen-bond acceptors (Lipinski definition) is 6. The second kappa shape index (κ2) is 8.00. The maximum Gasteiger partial charge on any atom is 0.322 e. The maximum atomic E-state index is 12.1. The average Bonchev–Trinajstić information content (AvgIpc) is 2.99. The first kappa shape index (κ1) is 19.2. The minimum Gasteiger partial charge on any atom is -0.485 e. The number of fused-ring (bicyclic) bond motifs is 1. The van der Waals surface area contributed by atoms with Crippen LogP contribution in [0.25, 0.3) is 10.8 Å². The van der Waals surface area contributed by atoms with Crippen LogP contribution in [0.15, 0.2) is 47.6 Å². The largest absolute Gasteiger partial charge is 0.485 e. The van der Waals surface area contributed by atoms with Crippen LogP contribution in [0.1, 0.15) is 26.6 Å². The molecule has 0 saturated heterocycles. The second-order valence-electron chi connectivity index (χ2n) is 6.56. The van der Waals surface area contributed by atoms with E-state index < -0.39 is 4.75 Å². The fourth-order valence-corrected chi connectivity index (χ4v) is 3.52. The Morgan fingerprint density at radius 3 is 2.67 bits per heavy atom. The van der Waals surface area contributed by atoms with Gasteiger partial charge in [0.15, 0.2) is 11.0 Å². The molecule has 0 unspecified atom stereocenters. The fourth-order valence-electron chi connectivity index (χ4n) is 2.60. The van der Waals surface area contributed by atoms with Gasteiger partial charge in [-0.25, -0.2) is 0 Å². The van der Waals surface area contributed by atoms with Crippen molar-refractivity contribution in [1.29, 1.82) is 0 Å². The van der Waals surface area contributed by atoms with Crippen molar-refractivity contribution in [2.45, 2.75) is 37.3 Å². The standard InChI is InChI=1S/C20H23N3O3S/c1-5-25-18(24)20(2,3)27-19-22-21-17(23(19)4)13-26-16-12-8-10-14-9-6-7-11-15(14)16/h6-12H,5,13H2,1-4H3. The van der Waals surface area contributed by atoms with Gasteiger partial charge in [-0.3, -0.25) is 4.79 Å². The molecule has 27 heavy (non-hydrogen) atoms. The molecule has 0 atom stereocenters. The molecular formula is C20H23N3O3S. The van der Waals surface area contributed by atoms with Gasteiger partial charge in [0, 0.05) is 12.4 Å². The number of nitrogens with zero attached hydrogens (tertiary/aromatic N) is 3. The van der Waals surface area contributed by atoms with Gasteiger partial charge in [0.05, 0.1) is 6.61 Å². The lowest BCUT2D eigenvalue weighted by Crippen LogP contribution is -2.30. The summed E-state index contributed by atoms with van der Waals surface area (Å²) in [5.41, 5.74) is 0. The Balaban J connectivity index is 1.73. The number of ether oxygens (including phenoxy) is 2. The van der Waals surface area contributed by atoms with Crippen molar-refractivity contribution >= 4 is 28.5 Å². The maximum absolute atomic E-state index is 12.1. The number of rotatable bonds is 7. The van der Waals surface area contributed by atoms with E-state index >= 15 is 0 Å². The first-order valence-electron chi connectivity index (χ1n) is 8.77. The van der Waals surface area contributed by atoms with Crippen molar-refractivity contribution in [3.63, 3.8) is 0 Å². The molecular weight excluding hydrogens is 362 g/mol. The molecule has 6 nitrogen and oxygen atoms in total. The van der Waals surface area contributed by atoms with E-state index in [1.807, 2.05) is 55.8 Å². The summed E-state index contributed by atoms with van der Waals surface area (Å²) in [4.78, 5) is 12.1. The zero-order valence-electron chi connectivity index (χ0n) is 15.9. The van der Waals surface area contributed by atoms with Crippen molar-refractivity contribution < 1.29 is 14.3 Å². The van der Waals surface area contributed by atoms with Crippen LogP contribution in [0, 0.1) is 0 Å². The highest BCUT2D eigenvalue weighted by Crippen LogP contribution is 2.32. The monoisotopic (exact) mass is 385 g/mol. The van der Waals surface area contributed by atoms with Crippen molar-refractivity contribution in [1.82, 2.24) is 14.8 Å². The topological polar surface area (TPSA) is 66.2 Å².